The van der Waals surface area contributed by atoms with E-state index in [2.05, 4.69) is 25.5 Å². The highest BCUT2D eigenvalue weighted by molar-refractivity contribution is 5.61. The van der Waals surface area contributed by atoms with Gasteiger partial charge in [0.15, 0.2) is 5.89 Å². The van der Waals surface area contributed by atoms with Crippen LogP contribution < -0.4 is 5.32 Å². The van der Waals surface area contributed by atoms with Crippen molar-refractivity contribution in [2.75, 3.05) is 6.54 Å². The van der Waals surface area contributed by atoms with Crippen molar-refractivity contribution in [2.24, 2.45) is 0 Å². The van der Waals surface area contributed by atoms with Crippen LogP contribution in [0.2, 0.25) is 0 Å². The minimum absolute atomic E-state index is 0.723. The average molecular weight is 297 g/mol. The Morgan fingerprint density at radius 2 is 2.18 bits per heavy atom. The maximum Gasteiger partial charge on any atom is 0.191 e. The molecule has 0 fully saturated rings. The van der Waals surface area contributed by atoms with Crippen LogP contribution in [0.5, 0.6) is 0 Å². The SMILES string of the molecule is Cc1nc(CCNCc2cn[nH]c2-c2cccnc2)c(C)o1. The highest BCUT2D eigenvalue weighted by atomic mass is 16.4. The van der Waals surface area contributed by atoms with Crippen molar-refractivity contribution >= 4 is 0 Å². The van der Waals surface area contributed by atoms with Gasteiger partial charge in [-0.1, -0.05) is 0 Å². The van der Waals surface area contributed by atoms with Gasteiger partial charge in [-0.15, -0.1) is 0 Å². The number of hydrogen-bond donors (Lipinski definition) is 2. The number of H-pyrrole nitrogens is 1. The van der Waals surface area contributed by atoms with Gasteiger partial charge in [0.2, 0.25) is 0 Å². The highest BCUT2D eigenvalue weighted by Gasteiger charge is 2.08. The number of nitrogens with zero attached hydrogens (tertiary/aromatic N) is 3. The second kappa shape index (κ2) is 6.53. The van der Waals surface area contributed by atoms with Crippen molar-refractivity contribution in [2.45, 2.75) is 26.8 Å². The Kier molecular flexibility index (Phi) is 4.29. The van der Waals surface area contributed by atoms with E-state index in [1.807, 2.05) is 38.4 Å². The normalized spacial score (nSPS) is 11.0. The Morgan fingerprint density at radius 1 is 1.27 bits per heavy atom. The fourth-order valence-corrected chi connectivity index (χ4v) is 2.44. The zero-order valence-corrected chi connectivity index (χ0v) is 12.8. The molecule has 0 aromatic carbocycles. The molecular weight excluding hydrogens is 278 g/mol. The van der Waals surface area contributed by atoms with Gasteiger partial charge in [-0.25, -0.2) is 4.98 Å². The number of hydrogen-bond acceptors (Lipinski definition) is 5. The first kappa shape index (κ1) is 14.5. The van der Waals surface area contributed by atoms with E-state index < -0.39 is 0 Å². The summed E-state index contributed by atoms with van der Waals surface area (Å²) >= 11 is 0. The van der Waals surface area contributed by atoms with Crippen LogP contribution in [0, 0.1) is 13.8 Å². The van der Waals surface area contributed by atoms with Crippen LogP contribution >= 0.6 is 0 Å². The minimum atomic E-state index is 0.723. The van der Waals surface area contributed by atoms with Crippen molar-refractivity contribution in [3.8, 4) is 11.3 Å². The summed E-state index contributed by atoms with van der Waals surface area (Å²) in [4.78, 5) is 8.52. The summed E-state index contributed by atoms with van der Waals surface area (Å²) in [7, 11) is 0. The number of aromatic nitrogens is 4. The molecule has 0 amide bonds. The molecule has 114 valence electrons. The minimum Gasteiger partial charge on any atom is -0.446 e. The second-order valence-electron chi connectivity index (χ2n) is 5.17. The van der Waals surface area contributed by atoms with Crippen molar-refractivity contribution in [1.82, 2.24) is 25.5 Å². The van der Waals surface area contributed by atoms with Gasteiger partial charge in [-0.3, -0.25) is 10.1 Å². The summed E-state index contributed by atoms with van der Waals surface area (Å²) in [6.07, 6.45) is 6.29. The zero-order chi connectivity index (χ0) is 15.4. The van der Waals surface area contributed by atoms with Gasteiger partial charge in [0.05, 0.1) is 17.6 Å². The van der Waals surface area contributed by atoms with E-state index in [0.29, 0.717) is 0 Å². The summed E-state index contributed by atoms with van der Waals surface area (Å²) in [5, 5.41) is 10.6. The molecule has 3 aromatic heterocycles. The van der Waals surface area contributed by atoms with Crippen molar-refractivity contribution in [3.05, 3.63) is 53.6 Å². The lowest BCUT2D eigenvalue weighted by atomic mass is 10.1. The fraction of sp³-hybridized carbons (Fsp3) is 0.312. The van der Waals surface area contributed by atoms with E-state index in [0.717, 1.165) is 53.7 Å². The molecule has 0 saturated heterocycles. The van der Waals surface area contributed by atoms with Crippen LogP contribution in [0.15, 0.2) is 35.1 Å². The van der Waals surface area contributed by atoms with E-state index in [-0.39, 0.29) is 0 Å². The van der Waals surface area contributed by atoms with E-state index >= 15 is 0 Å². The second-order valence-corrected chi connectivity index (χ2v) is 5.17. The number of oxazole rings is 1. The maximum atomic E-state index is 5.43. The van der Waals surface area contributed by atoms with Crippen molar-refractivity contribution in [1.29, 1.82) is 0 Å². The van der Waals surface area contributed by atoms with Gasteiger partial charge in [0.1, 0.15) is 5.76 Å². The lowest BCUT2D eigenvalue weighted by molar-refractivity contribution is 0.492. The predicted molar refractivity (Wildman–Crippen MR) is 83.2 cm³/mol. The molecule has 3 rings (SSSR count). The topological polar surface area (TPSA) is 79.6 Å². The van der Waals surface area contributed by atoms with Gasteiger partial charge in [0, 0.05) is 50.0 Å². The molecule has 0 atom stereocenters. The Balaban J connectivity index is 1.57. The summed E-state index contributed by atoms with van der Waals surface area (Å²) in [5.41, 5.74) is 4.19. The van der Waals surface area contributed by atoms with E-state index in [9.17, 15) is 0 Å². The molecule has 2 N–H and O–H groups in total. The van der Waals surface area contributed by atoms with Gasteiger partial charge < -0.3 is 9.73 Å². The Bertz CT molecular complexity index is 732. The van der Waals surface area contributed by atoms with Crippen molar-refractivity contribution < 1.29 is 4.42 Å². The summed E-state index contributed by atoms with van der Waals surface area (Å²) in [6.45, 7) is 5.41. The lowest BCUT2D eigenvalue weighted by Gasteiger charge is -2.05. The molecule has 0 unspecified atom stereocenters. The molecule has 0 spiro atoms. The molecule has 0 saturated carbocycles. The Hall–Kier alpha value is -2.47. The van der Waals surface area contributed by atoms with Crippen LogP contribution in [0.25, 0.3) is 11.3 Å². The van der Waals surface area contributed by atoms with Gasteiger partial charge >= 0.3 is 0 Å². The van der Waals surface area contributed by atoms with Crippen molar-refractivity contribution in [3.63, 3.8) is 0 Å². The number of aryl methyl sites for hydroxylation is 2. The third-order valence-corrected chi connectivity index (χ3v) is 3.52. The fourth-order valence-electron chi connectivity index (χ4n) is 2.44. The Labute approximate surface area is 129 Å². The first-order chi connectivity index (χ1) is 10.7. The van der Waals surface area contributed by atoms with Crippen LogP contribution in [0.4, 0.5) is 0 Å². The number of nitrogens with one attached hydrogen (secondary N) is 2. The third-order valence-electron chi connectivity index (χ3n) is 3.52. The molecule has 3 heterocycles. The maximum absolute atomic E-state index is 5.43. The van der Waals surface area contributed by atoms with E-state index in [1.54, 1.807) is 6.20 Å². The molecular formula is C16H19N5O. The highest BCUT2D eigenvalue weighted by Crippen LogP contribution is 2.19. The average Bonchev–Trinajstić information content (AvgIpc) is 3.11. The largest absolute Gasteiger partial charge is 0.446 e. The van der Waals surface area contributed by atoms with E-state index in [1.165, 1.54) is 0 Å². The van der Waals surface area contributed by atoms with Crippen LogP contribution in [0.1, 0.15) is 22.9 Å². The molecule has 0 bridgehead atoms. The molecule has 0 radical (unpaired) electrons. The molecule has 3 aromatic rings. The molecule has 6 nitrogen and oxygen atoms in total. The third kappa shape index (κ3) is 3.23. The van der Waals surface area contributed by atoms with Gasteiger partial charge in [-0.05, 0) is 19.1 Å². The van der Waals surface area contributed by atoms with Gasteiger partial charge in [0.25, 0.3) is 0 Å². The first-order valence-corrected chi connectivity index (χ1v) is 7.30. The molecule has 0 aliphatic heterocycles. The van der Waals surface area contributed by atoms with Crippen LogP contribution in [-0.4, -0.2) is 26.7 Å². The predicted octanol–water partition coefficient (Wildman–Crippen LogP) is 2.41. The number of aromatic amines is 1. The smallest absolute Gasteiger partial charge is 0.191 e. The molecule has 6 heteroatoms. The monoisotopic (exact) mass is 297 g/mol. The quantitative estimate of drug-likeness (QED) is 0.683. The summed E-state index contributed by atoms with van der Waals surface area (Å²) in [5.74, 6) is 1.62. The van der Waals surface area contributed by atoms with Gasteiger partial charge in [-0.2, -0.15) is 5.10 Å². The summed E-state index contributed by atoms with van der Waals surface area (Å²) < 4.78 is 5.43. The van der Waals surface area contributed by atoms with Crippen LogP contribution in [0.3, 0.4) is 0 Å². The Morgan fingerprint density at radius 3 is 2.91 bits per heavy atom. The van der Waals surface area contributed by atoms with E-state index in [4.69, 9.17) is 4.42 Å². The lowest BCUT2D eigenvalue weighted by Crippen LogP contribution is -2.17. The zero-order valence-electron chi connectivity index (χ0n) is 12.8. The molecule has 0 aliphatic carbocycles. The standard InChI is InChI=1S/C16H19N5O/c1-11-15(20-12(2)22-11)5-7-18-9-14-10-19-21-16(14)13-4-3-6-17-8-13/h3-4,6,8,10,18H,5,7,9H2,1-2H3,(H,19,21). The molecule has 0 aliphatic rings. The number of pyridine rings is 1. The van der Waals surface area contributed by atoms with Crippen LogP contribution in [-0.2, 0) is 13.0 Å². The first-order valence-electron chi connectivity index (χ1n) is 7.30. The molecule has 22 heavy (non-hydrogen) atoms. The summed E-state index contributed by atoms with van der Waals surface area (Å²) in [6, 6.07) is 3.94. The number of rotatable bonds is 6.